The number of anilines is 1. The number of halogens is 1. The zero-order valence-electron chi connectivity index (χ0n) is 20.3. The van der Waals surface area contributed by atoms with Crippen molar-refractivity contribution >= 4 is 17.1 Å². The number of hydrogen-bond acceptors (Lipinski definition) is 8. The first kappa shape index (κ1) is 27.5. The van der Waals surface area contributed by atoms with Crippen molar-refractivity contribution in [3.8, 4) is 11.5 Å². The molecule has 1 aromatic carbocycles. The number of phenolic OH excluding ortho intramolecular Hbond substituents is 2. The van der Waals surface area contributed by atoms with Crippen molar-refractivity contribution < 1.29 is 38.1 Å². The first-order valence-electron chi connectivity index (χ1n) is 11.8. The standard InChI is InChI=1S/C23H32N6O6.ClH/c1-26-20-19(21(34)27(2)23(26)35)29(22(25-20)28-7-3-5-15(30)13-28)8-4-6-24-12-18(33)14-9-16(31)11-17(32)10-14;/h9-11,15,18,24,30-33H,3-8,12-13H2,1-2H3;1H. The highest BCUT2D eigenvalue weighted by molar-refractivity contribution is 5.74. The van der Waals surface area contributed by atoms with Crippen LogP contribution in [0.4, 0.5) is 5.95 Å². The molecule has 0 radical (unpaired) electrons. The van der Waals surface area contributed by atoms with Crippen LogP contribution in [-0.2, 0) is 20.6 Å². The van der Waals surface area contributed by atoms with Gasteiger partial charge < -0.3 is 47.6 Å². The van der Waals surface area contributed by atoms with E-state index in [-0.39, 0.29) is 23.9 Å². The van der Waals surface area contributed by atoms with Gasteiger partial charge in [-0.2, -0.15) is 4.98 Å². The fourth-order valence-corrected chi connectivity index (χ4v) is 4.64. The molecule has 3 aromatic rings. The van der Waals surface area contributed by atoms with Crippen LogP contribution in [0.15, 0.2) is 27.8 Å². The lowest BCUT2D eigenvalue weighted by molar-refractivity contribution is -0.662. The first-order valence-corrected chi connectivity index (χ1v) is 11.8. The van der Waals surface area contributed by atoms with E-state index in [1.165, 1.54) is 29.8 Å². The largest absolute Gasteiger partial charge is 1.00 e. The van der Waals surface area contributed by atoms with E-state index in [0.29, 0.717) is 68.2 Å². The zero-order valence-corrected chi connectivity index (χ0v) is 21.1. The third-order valence-corrected chi connectivity index (χ3v) is 6.50. The van der Waals surface area contributed by atoms with Crippen LogP contribution in [-0.4, -0.2) is 71.4 Å². The van der Waals surface area contributed by atoms with Gasteiger partial charge in [-0.15, -0.1) is 0 Å². The van der Waals surface area contributed by atoms with Crippen molar-refractivity contribution in [3.63, 3.8) is 0 Å². The smallest absolute Gasteiger partial charge is 0.332 e. The molecule has 1 fully saturated rings. The molecule has 1 saturated heterocycles. The topological polar surface area (TPSA) is 163 Å². The van der Waals surface area contributed by atoms with E-state index in [2.05, 4.69) is 4.98 Å². The molecule has 4 rings (SSSR count). The molecule has 0 spiro atoms. The highest BCUT2D eigenvalue weighted by atomic mass is 35.5. The van der Waals surface area contributed by atoms with Gasteiger partial charge in [0.05, 0.1) is 12.6 Å². The fraction of sp³-hybridized carbons (Fsp3) is 0.522. The number of piperidine rings is 1. The summed E-state index contributed by atoms with van der Waals surface area (Å²) in [6.45, 7) is 2.53. The van der Waals surface area contributed by atoms with Crippen molar-refractivity contribution in [2.45, 2.75) is 38.0 Å². The number of nitrogens with zero attached hydrogens (tertiary/aromatic N) is 5. The quantitative estimate of drug-likeness (QED) is 0.184. The summed E-state index contributed by atoms with van der Waals surface area (Å²) in [5, 5.41) is 41.7. The predicted octanol–water partition coefficient (Wildman–Crippen LogP) is -4.50. The molecule has 0 saturated carbocycles. The number of aliphatic hydroxyl groups is 2. The molecule has 2 aromatic heterocycles. The van der Waals surface area contributed by atoms with Crippen molar-refractivity contribution in [1.82, 2.24) is 18.7 Å². The average molecular weight is 525 g/mol. The van der Waals surface area contributed by atoms with E-state index in [0.717, 1.165) is 11.0 Å². The van der Waals surface area contributed by atoms with Crippen molar-refractivity contribution in [3.05, 3.63) is 44.6 Å². The molecule has 36 heavy (non-hydrogen) atoms. The second kappa shape index (κ2) is 11.3. The molecular formula is C23H33ClN6O6. The van der Waals surface area contributed by atoms with Crippen molar-refractivity contribution in [2.24, 2.45) is 14.1 Å². The molecule has 13 heteroatoms. The Morgan fingerprint density at radius 3 is 2.50 bits per heavy atom. The maximum Gasteiger partial charge on any atom is 0.332 e. The van der Waals surface area contributed by atoms with Gasteiger partial charge >= 0.3 is 5.69 Å². The van der Waals surface area contributed by atoms with Crippen molar-refractivity contribution in [2.75, 3.05) is 31.1 Å². The van der Waals surface area contributed by atoms with Gasteiger partial charge in [-0.3, -0.25) is 13.9 Å². The number of fused-ring (bicyclic) bond motifs is 1. The minimum Gasteiger partial charge on any atom is -1.00 e. The molecule has 198 valence electrons. The molecule has 3 heterocycles. The fourth-order valence-electron chi connectivity index (χ4n) is 4.64. The van der Waals surface area contributed by atoms with Crippen LogP contribution in [0.25, 0.3) is 11.2 Å². The lowest BCUT2D eigenvalue weighted by Gasteiger charge is -2.31. The second-order valence-electron chi connectivity index (χ2n) is 9.15. The van der Waals surface area contributed by atoms with E-state index >= 15 is 0 Å². The van der Waals surface area contributed by atoms with Crippen LogP contribution in [0.5, 0.6) is 11.5 Å². The number of aromatic nitrogens is 4. The van der Waals surface area contributed by atoms with Crippen molar-refractivity contribution in [1.29, 1.82) is 0 Å². The van der Waals surface area contributed by atoms with E-state index < -0.39 is 23.5 Å². The number of nitrogens with two attached hydrogens (primary N) is 1. The Bertz CT molecular complexity index is 1320. The van der Waals surface area contributed by atoms with E-state index in [1.807, 2.05) is 14.8 Å². The summed E-state index contributed by atoms with van der Waals surface area (Å²) >= 11 is 0. The molecule has 0 aliphatic carbocycles. The molecule has 1 aliphatic heterocycles. The summed E-state index contributed by atoms with van der Waals surface area (Å²) in [5.41, 5.74) is 0.228. The minimum absolute atomic E-state index is 0. The van der Waals surface area contributed by atoms with Crippen LogP contribution in [0.2, 0.25) is 0 Å². The molecule has 0 bridgehead atoms. The lowest BCUT2D eigenvalue weighted by Crippen LogP contribution is -3.00. The normalized spacial score (nSPS) is 16.8. The van der Waals surface area contributed by atoms with E-state index in [1.54, 1.807) is 7.05 Å². The summed E-state index contributed by atoms with van der Waals surface area (Å²) < 4.78 is 4.26. The number of quaternary nitrogens is 1. The molecule has 1 aliphatic rings. The number of imidazole rings is 1. The van der Waals surface area contributed by atoms with Gasteiger partial charge in [0.15, 0.2) is 11.2 Å². The van der Waals surface area contributed by atoms with Gasteiger partial charge in [0.25, 0.3) is 5.56 Å². The number of benzene rings is 1. The van der Waals surface area contributed by atoms with Gasteiger partial charge in [0, 0.05) is 46.2 Å². The Labute approximate surface area is 213 Å². The number of aromatic hydroxyl groups is 2. The third-order valence-electron chi connectivity index (χ3n) is 6.50. The molecule has 2 unspecified atom stereocenters. The summed E-state index contributed by atoms with van der Waals surface area (Å²) in [5.74, 6) is 0.335. The third kappa shape index (κ3) is 5.51. The summed E-state index contributed by atoms with van der Waals surface area (Å²) in [6.07, 6.45) is 0.825. The van der Waals surface area contributed by atoms with Crippen LogP contribution >= 0.6 is 0 Å². The maximum atomic E-state index is 13.0. The maximum absolute atomic E-state index is 13.0. The Balaban J connectivity index is 0.00000361. The van der Waals surface area contributed by atoms with Gasteiger partial charge in [0.1, 0.15) is 24.1 Å². The van der Waals surface area contributed by atoms with Gasteiger partial charge in [0.2, 0.25) is 5.95 Å². The van der Waals surface area contributed by atoms with Gasteiger partial charge in [-0.1, -0.05) is 0 Å². The number of β-amino-alcohol motifs (C(OH)–C–C–N with tert-alkyl or cyclic N) is 1. The summed E-state index contributed by atoms with van der Waals surface area (Å²) in [4.78, 5) is 32.1. The molecular weight excluding hydrogens is 492 g/mol. The van der Waals surface area contributed by atoms with Gasteiger partial charge in [-0.05, 0) is 30.5 Å². The molecule has 0 amide bonds. The number of aryl methyl sites for hydroxylation is 2. The Hall–Kier alpha value is -3.06. The number of aliphatic hydroxyl groups excluding tert-OH is 2. The second-order valence-corrected chi connectivity index (χ2v) is 9.15. The number of hydrogen-bond donors (Lipinski definition) is 5. The average Bonchev–Trinajstić information content (AvgIpc) is 3.20. The van der Waals surface area contributed by atoms with Crippen LogP contribution < -0.4 is 33.9 Å². The first-order chi connectivity index (χ1) is 16.7. The SMILES string of the molecule is Cn1c(=O)c2c(nc(N3CCCC(O)C3)n2CCC[NH2+]CC(O)c2cc(O)cc(O)c2)n(C)c1=O.[Cl-]. The molecule has 2 atom stereocenters. The lowest BCUT2D eigenvalue weighted by atomic mass is 10.1. The van der Waals surface area contributed by atoms with E-state index in [4.69, 9.17) is 0 Å². The predicted molar refractivity (Wildman–Crippen MR) is 129 cm³/mol. The summed E-state index contributed by atoms with van der Waals surface area (Å²) in [6, 6.07) is 4.03. The van der Waals surface area contributed by atoms with E-state index in [9.17, 15) is 30.0 Å². The Morgan fingerprint density at radius 1 is 1.14 bits per heavy atom. The number of rotatable bonds is 8. The zero-order chi connectivity index (χ0) is 25.3. The minimum atomic E-state index is -0.866. The highest BCUT2D eigenvalue weighted by Gasteiger charge is 2.26. The monoisotopic (exact) mass is 524 g/mol. The highest BCUT2D eigenvalue weighted by Crippen LogP contribution is 2.25. The van der Waals surface area contributed by atoms with Crippen LogP contribution in [0.1, 0.15) is 30.9 Å². The Kier molecular flexibility index (Phi) is 8.67. The summed E-state index contributed by atoms with van der Waals surface area (Å²) in [7, 11) is 3.03. The molecule has 6 N–H and O–H groups in total. The molecule has 12 nitrogen and oxygen atoms in total. The van der Waals surface area contributed by atoms with Crippen LogP contribution in [0.3, 0.4) is 0 Å². The number of phenols is 2. The van der Waals surface area contributed by atoms with Crippen LogP contribution in [0, 0.1) is 0 Å². The Morgan fingerprint density at radius 2 is 1.83 bits per heavy atom. The van der Waals surface area contributed by atoms with Gasteiger partial charge in [-0.25, -0.2) is 4.79 Å².